The molecule has 0 radical (unpaired) electrons. The van der Waals surface area contributed by atoms with Crippen molar-refractivity contribution >= 4 is 57.1 Å². The third-order valence-corrected chi connectivity index (χ3v) is 15.9. The molecular weight excluding hydrogens is 1010 g/mol. The molecule has 2 fully saturated rings. The fourth-order valence-corrected chi connectivity index (χ4v) is 10.9. The lowest BCUT2D eigenvalue weighted by molar-refractivity contribution is -0.141. The molecule has 19 heteroatoms. The van der Waals surface area contributed by atoms with Crippen molar-refractivity contribution in [1.29, 1.82) is 0 Å². The van der Waals surface area contributed by atoms with Crippen LogP contribution in [-0.4, -0.2) is 123 Å². The van der Waals surface area contributed by atoms with Gasteiger partial charge in [-0.05, 0) is 89.4 Å². The highest BCUT2D eigenvalue weighted by Crippen LogP contribution is 2.41. The molecule has 0 spiro atoms. The number of hydrogen-bond donors (Lipinski definition) is 7. The zero-order chi connectivity index (χ0) is 57.5. The number of likely N-dealkylation sites (N-methyl/N-ethyl adjacent to an activating group) is 2. The van der Waals surface area contributed by atoms with Gasteiger partial charge in [0.1, 0.15) is 24.2 Å². The van der Waals surface area contributed by atoms with Crippen molar-refractivity contribution in [3.63, 3.8) is 0 Å². The summed E-state index contributed by atoms with van der Waals surface area (Å²) in [6.45, 7) is 16.4. The summed E-state index contributed by atoms with van der Waals surface area (Å²) in [6.07, 6.45) is 12.6. The Kier molecular flexibility index (Phi) is 18.8. The normalized spacial score (nSPS) is 17.4. The van der Waals surface area contributed by atoms with Crippen molar-refractivity contribution < 1.29 is 37.6 Å². The summed E-state index contributed by atoms with van der Waals surface area (Å²) in [7, 11) is 3.40. The van der Waals surface area contributed by atoms with Crippen LogP contribution in [0.5, 0.6) is 0 Å². The minimum atomic E-state index is -0.800. The summed E-state index contributed by atoms with van der Waals surface area (Å²) in [5, 5.41) is 16.7. The Bertz CT molecular complexity index is 2950. The standard InChI is InChI=1S/C61H83N11O8/c1-36(62-9)53(74)69-51(60(3,4)5)58(77)71-32-22-28-44(71)56-67-47(49(79-56)40-34-65-42-26-19-17-24-38(40)42)46(73)30-16-14-12-11-13-15-21-31-64-55(76)48-50(41-35-66-43-27-20-18-25-39(41)43)80-57(68-48)45-29-23-33-72(45)59(78)52(61(6,7)8)70-54(75)37(2)63-10/h17-20,24-27,34-37,44-45,51-52,62-63,65-66H,11-16,21-23,28-33H2,1-10H3,(H,64,76)(H,69,74)(H,70,75)/t36-,37-,44-,45-,51+,52+/m0/s1. The number of nitrogens with one attached hydrogen (secondary N) is 7. The van der Waals surface area contributed by atoms with Crippen LogP contribution in [0.25, 0.3) is 44.5 Å². The number of H-pyrrole nitrogens is 2. The number of ketones is 1. The van der Waals surface area contributed by atoms with E-state index in [9.17, 15) is 28.8 Å². The summed E-state index contributed by atoms with van der Waals surface area (Å²) in [4.78, 5) is 103. The molecule has 0 aliphatic carbocycles. The molecule has 2 aromatic carbocycles. The number of aromatic nitrogens is 4. The molecule has 6 aromatic rings. The van der Waals surface area contributed by atoms with Gasteiger partial charge in [0.25, 0.3) is 5.91 Å². The van der Waals surface area contributed by atoms with Gasteiger partial charge in [-0.2, -0.15) is 0 Å². The first-order valence-corrected chi connectivity index (χ1v) is 28.7. The molecule has 2 aliphatic rings. The van der Waals surface area contributed by atoms with Crippen LogP contribution >= 0.6 is 0 Å². The van der Waals surface area contributed by atoms with Crippen LogP contribution in [0.3, 0.4) is 0 Å². The van der Waals surface area contributed by atoms with Crippen LogP contribution in [0.2, 0.25) is 0 Å². The van der Waals surface area contributed by atoms with Gasteiger partial charge in [0, 0.05) is 71.4 Å². The molecule has 4 aromatic heterocycles. The summed E-state index contributed by atoms with van der Waals surface area (Å²) in [5.74, 6) is -0.145. The Morgan fingerprint density at radius 3 is 1.50 bits per heavy atom. The molecule has 0 bridgehead atoms. The number of oxazole rings is 2. The van der Waals surface area contributed by atoms with Gasteiger partial charge in [0.05, 0.1) is 12.1 Å². The first kappa shape index (κ1) is 59.0. The van der Waals surface area contributed by atoms with E-state index in [0.717, 1.165) is 72.3 Å². The van der Waals surface area contributed by atoms with Crippen LogP contribution in [0.1, 0.15) is 177 Å². The minimum absolute atomic E-state index is 0.122. The summed E-state index contributed by atoms with van der Waals surface area (Å²) in [5.41, 5.74) is 2.45. The van der Waals surface area contributed by atoms with E-state index in [1.54, 1.807) is 37.7 Å². The molecule has 2 aliphatic heterocycles. The van der Waals surface area contributed by atoms with Crippen LogP contribution in [0.4, 0.5) is 0 Å². The number of carbonyl (C=O) groups excluding carboxylic acids is 6. The van der Waals surface area contributed by atoms with Gasteiger partial charge in [0.2, 0.25) is 35.4 Å². The van der Waals surface area contributed by atoms with E-state index in [4.69, 9.17) is 18.8 Å². The largest absolute Gasteiger partial charge is 0.438 e. The van der Waals surface area contributed by atoms with Gasteiger partial charge in [-0.15, -0.1) is 0 Å². The van der Waals surface area contributed by atoms with Crippen LogP contribution in [-0.2, 0) is 19.2 Å². The van der Waals surface area contributed by atoms with Crippen molar-refractivity contribution in [1.82, 2.24) is 56.3 Å². The van der Waals surface area contributed by atoms with Gasteiger partial charge in [-0.1, -0.05) is 110 Å². The summed E-state index contributed by atoms with van der Waals surface area (Å²) < 4.78 is 13.1. The van der Waals surface area contributed by atoms with Gasteiger partial charge < -0.3 is 55.2 Å². The highest BCUT2D eigenvalue weighted by Gasteiger charge is 2.44. The Hall–Kier alpha value is -7.12. The number of unbranched alkanes of at least 4 members (excludes halogenated alkanes) is 6. The maximum atomic E-state index is 14.4. The molecule has 430 valence electrons. The highest BCUT2D eigenvalue weighted by molar-refractivity contribution is 6.05. The second kappa shape index (κ2) is 25.6. The molecule has 2 saturated heterocycles. The van der Waals surface area contributed by atoms with Crippen LogP contribution in [0.15, 0.2) is 69.8 Å². The van der Waals surface area contributed by atoms with Crippen LogP contribution < -0.4 is 26.6 Å². The zero-order valence-electron chi connectivity index (χ0n) is 48.4. The average Bonchev–Trinajstić information content (AvgIpc) is 4.34. The second-order valence-electron chi connectivity index (χ2n) is 23.9. The second-order valence-corrected chi connectivity index (χ2v) is 23.9. The fourth-order valence-electron chi connectivity index (χ4n) is 10.9. The molecular formula is C61H83N11O8. The highest BCUT2D eigenvalue weighted by atomic mass is 16.4. The molecule has 0 saturated carbocycles. The summed E-state index contributed by atoms with van der Waals surface area (Å²) >= 11 is 0. The zero-order valence-corrected chi connectivity index (χ0v) is 48.4. The van der Waals surface area contributed by atoms with Gasteiger partial charge in [-0.25, -0.2) is 9.97 Å². The van der Waals surface area contributed by atoms with E-state index in [0.29, 0.717) is 68.3 Å². The number of hydrogen-bond acceptors (Lipinski definition) is 12. The Morgan fingerprint density at radius 2 is 1.04 bits per heavy atom. The molecule has 19 nitrogen and oxygen atoms in total. The molecule has 8 rings (SSSR count). The van der Waals surface area contributed by atoms with Crippen molar-refractivity contribution in [2.45, 2.75) is 169 Å². The quantitative estimate of drug-likeness (QED) is 0.0221. The Balaban J connectivity index is 0.866. The SMILES string of the molecule is CN[C@@H](C)C(=O)N[C@H](C(=O)N1CCC[C@H]1c1nc(C(=O)CCCCCCCCCNC(=O)c2nc([C@@H]3CCCN3C(=O)[C@@H](NC(=O)[C@H](C)NC)C(C)(C)C)oc2-c2c[nH]c3ccccc23)c(-c2c[nH]c3ccccc23)o1)C(C)(C)C. The monoisotopic (exact) mass is 1100 g/mol. The van der Waals surface area contributed by atoms with E-state index in [1.807, 2.05) is 102 Å². The average molecular weight is 1100 g/mol. The van der Waals surface area contributed by atoms with E-state index in [2.05, 4.69) is 36.6 Å². The number of carbonyl (C=O) groups is 6. The van der Waals surface area contributed by atoms with Crippen molar-refractivity contribution in [2.75, 3.05) is 33.7 Å². The van der Waals surface area contributed by atoms with Crippen LogP contribution in [0, 0.1) is 10.8 Å². The van der Waals surface area contributed by atoms with E-state index in [-0.39, 0.29) is 59.0 Å². The lowest BCUT2D eigenvalue weighted by Gasteiger charge is -2.35. The number of fused-ring (bicyclic) bond motifs is 2. The molecule has 0 unspecified atom stereocenters. The van der Waals surface area contributed by atoms with Crippen molar-refractivity contribution in [3.05, 3.63) is 84.1 Å². The van der Waals surface area contributed by atoms with E-state index < -0.39 is 47.1 Å². The lowest BCUT2D eigenvalue weighted by Crippen LogP contribution is -2.57. The van der Waals surface area contributed by atoms with Gasteiger partial charge in [0.15, 0.2) is 28.7 Å². The summed E-state index contributed by atoms with van der Waals surface area (Å²) in [6, 6.07) is 12.0. The number of aromatic amines is 2. The number of para-hydroxylation sites is 2. The maximum absolute atomic E-state index is 14.4. The predicted octanol–water partition coefficient (Wildman–Crippen LogP) is 9.30. The molecule has 6 heterocycles. The number of benzene rings is 2. The topological polar surface area (TPSA) is 253 Å². The first-order chi connectivity index (χ1) is 38.2. The van der Waals surface area contributed by atoms with Gasteiger partial charge >= 0.3 is 0 Å². The third-order valence-electron chi connectivity index (χ3n) is 15.9. The molecule has 6 atom stereocenters. The first-order valence-electron chi connectivity index (χ1n) is 28.7. The van der Waals surface area contributed by atoms with Crippen molar-refractivity contribution in [3.8, 4) is 22.6 Å². The number of nitrogens with zero attached hydrogens (tertiary/aromatic N) is 4. The number of Topliss-reactive ketones (excluding diaryl/α,β-unsaturated/α-hetero) is 1. The molecule has 5 amide bonds. The number of likely N-dealkylation sites (tertiary alicyclic amines) is 2. The maximum Gasteiger partial charge on any atom is 0.273 e. The third kappa shape index (κ3) is 13.2. The fraction of sp³-hybridized carbons (Fsp3) is 0.541. The predicted molar refractivity (Wildman–Crippen MR) is 308 cm³/mol. The van der Waals surface area contributed by atoms with Gasteiger partial charge in [-0.3, -0.25) is 28.8 Å². The molecule has 7 N–H and O–H groups in total. The van der Waals surface area contributed by atoms with E-state index in [1.165, 1.54) is 0 Å². The number of rotatable bonds is 24. The molecule has 80 heavy (non-hydrogen) atoms. The lowest BCUT2D eigenvalue weighted by atomic mass is 9.85. The smallest absolute Gasteiger partial charge is 0.273 e. The Labute approximate surface area is 469 Å². The Morgan fingerprint density at radius 1 is 0.613 bits per heavy atom. The van der Waals surface area contributed by atoms with E-state index >= 15 is 0 Å². The van der Waals surface area contributed by atoms with Crippen molar-refractivity contribution in [2.24, 2.45) is 10.8 Å². The number of amides is 5. The minimum Gasteiger partial charge on any atom is -0.438 e.